The molecule has 2 aliphatic rings. The van der Waals surface area contributed by atoms with Crippen molar-refractivity contribution in [3.8, 4) is 0 Å². The molecular formula is C9H17N3. The van der Waals surface area contributed by atoms with Gasteiger partial charge in [-0.3, -0.25) is 4.99 Å². The Morgan fingerprint density at radius 2 is 2.08 bits per heavy atom. The van der Waals surface area contributed by atoms with Crippen molar-refractivity contribution in [1.29, 1.82) is 0 Å². The molecule has 0 aromatic carbocycles. The number of piperidine rings is 1. The first-order valence-electron chi connectivity index (χ1n) is 4.93. The Morgan fingerprint density at radius 1 is 1.25 bits per heavy atom. The second kappa shape index (κ2) is 3.90. The van der Waals surface area contributed by atoms with E-state index in [4.69, 9.17) is 0 Å². The van der Waals surface area contributed by atoms with Crippen molar-refractivity contribution in [2.75, 3.05) is 26.2 Å². The topological polar surface area (TPSA) is 36.4 Å². The highest BCUT2D eigenvalue weighted by atomic mass is 15.1. The van der Waals surface area contributed by atoms with E-state index in [2.05, 4.69) is 15.6 Å². The van der Waals surface area contributed by atoms with Crippen molar-refractivity contribution in [3.05, 3.63) is 0 Å². The molecule has 2 rings (SSSR count). The molecule has 12 heavy (non-hydrogen) atoms. The maximum Gasteiger partial charge on any atom is 0.0967 e. The molecule has 0 aromatic rings. The van der Waals surface area contributed by atoms with E-state index in [1.807, 2.05) is 0 Å². The first-order chi connectivity index (χ1) is 5.95. The fourth-order valence-corrected chi connectivity index (χ4v) is 1.94. The summed E-state index contributed by atoms with van der Waals surface area (Å²) in [4.78, 5) is 4.41. The highest BCUT2D eigenvalue weighted by molar-refractivity contribution is 5.83. The Hall–Kier alpha value is -0.570. The van der Waals surface area contributed by atoms with Crippen molar-refractivity contribution in [2.45, 2.75) is 19.3 Å². The summed E-state index contributed by atoms with van der Waals surface area (Å²) in [5.74, 6) is 2.12. The number of nitrogens with one attached hydrogen (secondary N) is 2. The van der Waals surface area contributed by atoms with Gasteiger partial charge < -0.3 is 10.6 Å². The minimum absolute atomic E-state index is 0.871. The fourth-order valence-electron chi connectivity index (χ4n) is 1.94. The third kappa shape index (κ3) is 1.97. The van der Waals surface area contributed by atoms with Gasteiger partial charge in [-0.1, -0.05) is 0 Å². The molecule has 0 spiro atoms. The first kappa shape index (κ1) is 8.05. The van der Waals surface area contributed by atoms with Gasteiger partial charge in [-0.15, -0.1) is 0 Å². The lowest BCUT2D eigenvalue weighted by Gasteiger charge is -2.22. The number of hydrogen-bond acceptors (Lipinski definition) is 3. The SMILES string of the molecule is C1CNC(CC2CCNCC2)=N1. The Bertz CT molecular complexity index is 171. The van der Waals surface area contributed by atoms with E-state index in [0.717, 1.165) is 19.0 Å². The molecule has 68 valence electrons. The Morgan fingerprint density at radius 3 is 2.75 bits per heavy atom. The Balaban J connectivity index is 1.77. The van der Waals surface area contributed by atoms with Crippen molar-refractivity contribution in [3.63, 3.8) is 0 Å². The smallest absolute Gasteiger partial charge is 0.0967 e. The van der Waals surface area contributed by atoms with Gasteiger partial charge in [0.25, 0.3) is 0 Å². The van der Waals surface area contributed by atoms with Crippen LogP contribution in [0.25, 0.3) is 0 Å². The lowest BCUT2D eigenvalue weighted by atomic mass is 9.94. The van der Waals surface area contributed by atoms with Gasteiger partial charge in [-0.25, -0.2) is 0 Å². The average molecular weight is 167 g/mol. The van der Waals surface area contributed by atoms with Crippen LogP contribution < -0.4 is 10.6 Å². The number of hydrogen-bond donors (Lipinski definition) is 2. The summed E-state index contributed by atoms with van der Waals surface area (Å²) in [6.07, 6.45) is 3.82. The molecule has 2 N–H and O–H groups in total. The highest BCUT2D eigenvalue weighted by Gasteiger charge is 2.16. The van der Waals surface area contributed by atoms with Crippen LogP contribution in [-0.4, -0.2) is 32.0 Å². The molecule has 0 bridgehead atoms. The molecule has 1 saturated heterocycles. The predicted molar refractivity (Wildman–Crippen MR) is 50.5 cm³/mol. The first-order valence-corrected chi connectivity index (χ1v) is 4.93. The second-order valence-corrected chi connectivity index (χ2v) is 3.65. The van der Waals surface area contributed by atoms with Crippen LogP contribution in [-0.2, 0) is 0 Å². The van der Waals surface area contributed by atoms with Gasteiger partial charge in [0.05, 0.1) is 12.4 Å². The van der Waals surface area contributed by atoms with Crippen molar-refractivity contribution in [1.82, 2.24) is 10.6 Å². The summed E-state index contributed by atoms with van der Waals surface area (Å²) in [5, 5.41) is 6.71. The summed E-state index contributed by atoms with van der Waals surface area (Å²) in [6, 6.07) is 0. The van der Waals surface area contributed by atoms with E-state index in [1.54, 1.807) is 0 Å². The van der Waals surface area contributed by atoms with Gasteiger partial charge in [0.2, 0.25) is 0 Å². The lowest BCUT2D eigenvalue weighted by molar-refractivity contribution is 0.383. The molecule has 2 aliphatic heterocycles. The zero-order chi connectivity index (χ0) is 8.23. The minimum atomic E-state index is 0.871. The van der Waals surface area contributed by atoms with Crippen LogP contribution in [0.2, 0.25) is 0 Å². The van der Waals surface area contributed by atoms with Gasteiger partial charge >= 0.3 is 0 Å². The van der Waals surface area contributed by atoms with Crippen LogP contribution >= 0.6 is 0 Å². The van der Waals surface area contributed by atoms with Gasteiger partial charge in [0.1, 0.15) is 0 Å². The molecule has 0 amide bonds. The van der Waals surface area contributed by atoms with Gasteiger partial charge in [-0.05, 0) is 31.8 Å². The summed E-state index contributed by atoms with van der Waals surface area (Å²) in [5.41, 5.74) is 0. The summed E-state index contributed by atoms with van der Waals surface area (Å²) < 4.78 is 0. The number of rotatable bonds is 2. The van der Waals surface area contributed by atoms with E-state index in [1.165, 1.54) is 38.2 Å². The second-order valence-electron chi connectivity index (χ2n) is 3.65. The number of amidine groups is 1. The van der Waals surface area contributed by atoms with Gasteiger partial charge in [-0.2, -0.15) is 0 Å². The molecule has 1 fully saturated rings. The van der Waals surface area contributed by atoms with Crippen molar-refractivity contribution < 1.29 is 0 Å². The van der Waals surface area contributed by atoms with E-state index in [0.29, 0.717) is 0 Å². The molecular weight excluding hydrogens is 150 g/mol. The average Bonchev–Trinajstić information content (AvgIpc) is 2.59. The molecule has 0 saturated carbocycles. The molecule has 3 heteroatoms. The largest absolute Gasteiger partial charge is 0.372 e. The lowest BCUT2D eigenvalue weighted by Crippen LogP contribution is -2.31. The predicted octanol–water partition coefficient (Wildman–Crippen LogP) is 0.378. The summed E-state index contributed by atoms with van der Waals surface area (Å²) in [6.45, 7) is 4.43. The number of aliphatic imine (C=N–C) groups is 1. The third-order valence-corrected chi connectivity index (χ3v) is 2.68. The standard InChI is InChI=1S/C9H17N3/c1-3-10-4-2-8(1)7-9-11-5-6-12-9/h8,10H,1-7H2,(H,11,12). The highest BCUT2D eigenvalue weighted by Crippen LogP contribution is 2.16. The molecule has 2 heterocycles. The van der Waals surface area contributed by atoms with Crippen LogP contribution in [0.5, 0.6) is 0 Å². The summed E-state index contributed by atoms with van der Waals surface area (Å²) >= 11 is 0. The Kier molecular flexibility index (Phi) is 2.61. The van der Waals surface area contributed by atoms with Crippen molar-refractivity contribution >= 4 is 5.84 Å². The summed E-state index contributed by atoms with van der Waals surface area (Å²) in [7, 11) is 0. The van der Waals surface area contributed by atoms with Crippen LogP contribution in [0, 0.1) is 5.92 Å². The molecule has 0 aromatic heterocycles. The normalized spacial score (nSPS) is 25.2. The Labute approximate surface area is 73.6 Å². The van der Waals surface area contributed by atoms with E-state index in [-0.39, 0.29) is 0 Å². The zero-order valence-electron chi connectivity index (χ0n) is 7.47. The molecule has 0 aliphatic carbocycles. The maximum atomic E-state index is 4.41. The van der Waals surface area contributed by atoms with E-state index >= 15 is 0 Å². The molecule has 0 atom stereocenters. The van der Waals surface area contributed by atoms with Gasteiger partial charge in [0.15, 0.2) is 0 Å². The third-order valence-electron chi connectivity index (χ3n) is 2.68. The van der Waals surface area contributed by atoms with Crippen LogP contribution in [0.4, 0.5) is 0 Å². The quantitative estimate of drug-likeness (QED) is 0.623. The molecule has 3 nitrogen and oxygen atoms in total. The van der Waals surface area contributed by atoms with Crippen LogP contribution in [0.3, 0.4) is 0 Å². The molecule has 0 radical (unpaired) electrons. The van der Waals surface area contributed by atoms with E-state index in [9.17, 15) is 0 Å². The maximum absolute atomic E-state index is 4.41. The fraction of sp³-hybridized carbons (Fsp3) is 0.889. The minimum Gasteiger partial charge on any atom is -0.372 e. The monoisotopic (exact) mass is 167 g/mol. The van der Waals surface area contributed by atoms with E-state index < -0.39 is 0 Å². The number of nitrogens with zero attached hydrogens (tertiary/aromatic N) is 1. The van der Waals surface area contributed by atoms with Crippen LogP contribution in [0.15, 0.2) is 4.99 Å². The van der Waals surface area contributed by atoms with Gasteiger partial charge in [0, 0.05) is 13.0 Å². The molecule has 0 unspecified atom stereocenters. The van der Waals surface area contributed by atoms with Crippen molar-refractivity contribution in [2.24, 2.45) is 10.9 Å². The zero-order valence-corrected chi connectivity index (χ0v) is 7.47. The van der Waals surface area contributed by atoms with Crippen LogP contribution in [0.1, 0.15) is 19.3 Å².